The predicted octanol–water partition coefficient (Wildman–Crippen LogP) is 2.38. The molecule has 0 saturated carbocycles. The molecule has 2 atom stereocenters. The smallest absolute Gasteiger partial charge is 0.278 e. The number of morpholine rings is 1. The van der Waals surface area contributed by atoms with Crippen LogP contribution in [-0.2, 0) is 20.9 Å². The van der Waals surface area contributed by atoms with Gasteiger partial charge in [0.15, 0.2) is 0 Å². The zero-order chi connectivity index (χ0) is 22.1. The van der Waals surface area contributed by atoms with Gasteiger partial charge >= 0.3 is 0 Å². The minimum Gasteiger partial charge on any atom is -0.372 e. The van der Waals surface area contributed by atoms with E-state index in [-0.39, 0.29) is 35.9 Å². The third kappa shape index (κ3) is 4.04. The van der Waals surface area contributed by atoms with Gasteiger partial charge in [-0.15, -0.1) is 0 Å². The first-order valence-corrected chi connectivity index (χ1v) is 9.99. The quantitative estimate of drug-likeness (QED) is 0.414. The second-order valence-electron chi connectivity index (χ2n) is 7.75. The van der Waals surface area contributed by atoms with Crippen LogP contribution in [0.4, 0.5) is 5.69 Å². The fourth-order valence-corrected chi connectivity index (χ4v) is 4.04. The number of nitro groups is 1. The number of pyridine rings is 1. The van der Waals surface area contributed by atoms with E-state index in [1.165, 1.54) is 29.2 Å². The molecule has 1 saturated heterocycles. The molecule has 0 spiro atoms. The number of ether oxygens (including phenoxy) is 1. The maximum absolute atomic E-state index is 13.4. The Morgan fingerprint density at radius 2 is 1.77 bits per heavy atom. The maximum Gasteiger partial charge on any atom is 0.278 e. The monoisotopic (exact) mass is 422 g/mol. The molecule has 0 aliphatic carbocycles. The van der Waals surface area contributed by atoms with E-state index >= 15 is 0 Å². The molecule has 2 aliphatic rings. The molecular weight excluding hydrogens is 400 g/mol. The van der Waals surface area contributed by atoms with Gasteiger partial charge in [-0.2, -0.15) is 0 Å². The van der Waals surface area contributed by atoms with Crippen LogP contribution in [0.2, 0.25) is 0 Å². The van der Waals surface area contributed by atoms with Gasteiger partial charge in [-0.05, 0) is 43.2 Å². The van der Waals surface area contributed by atoms with Crippen LogP contribution in [0.5, 0.6) is 0 Å². The van der Waals surface area contributed by atoms with Crippen molar-refractivity contribution in [1.82, 2.24) is 14.8 Å². The number of aromatic nitrogens is 1. The number of non-ortho nitro benzene ring substituents is 1. The molecule has 1 aromatic heterocycles. The van der Waals surface area contributed by atoms with Crippen LogP contribution >= 0.6 is 0 Å². The van der Waals surface area contributed by atoms with Crippen LogP contribution < -0.4 is 0 Å². The number of carbonyl (C=O) groups is 2. The number of hydrogen-bond acceptors (Lipinski definition) is 7. The normalized spacial score (nSPS) is 21.7. The van der Waals surface area contributed by atoms with E-state index in [1.54, 1.807) is 24.5 Å². The molecule has 2 aromatic rings. The Bertz CT molecular complexity index is 1040. The zero-order valence-electron chi connectivity index (χ0n) is 17.2. The van der Waals surface area contributed by atoms with E-state index in [9.17, 15) is 19.7 Å². The summed E-state index contributed by atoms with van der Waals surface area (Å²) in [6.07, 6.45) is 3.03. The number of benzene rings is 1. The van der Waals surface area contributed by atoms with Crippen molar-refractivity contribution in [2.24, 2.45) is 0 Å². The molecule has 1 aromatic carbocycles. The van der Waals surface area contributed by atoms with Crippen LogP contribution in [0.15, 0.2) is 54.5 Å². The first kappa shape index (κ1) is 20.7. The van der Waals surface area contributed by atoms with Crippen molar-refractivity contribution in [2.75, 3.05) is 13.1 Å². The molecule has 1 fully saturated rings. The Labute approximate surface area is 179 Å². The van der Waals surface area contributed by atoms with Gasteiger partial charge in [-0.25, -0.2) is 0 Å². The van der Waals surface area contributed by atoms with Crippen LogP contribution in [0.25, 0.3) is 5.57 Å². The van der Waals surface area contributed by atoms with Crippen molar-refractivity contribution in [3.05, 3.63) is 75.7 Å². The summed E-state index contributed by atoms with van der Waals surface area (Å²) in [5, 5.41) is 11.0. The maximum atomic E-state index is 13.4. The Morgan fingerprint density at radius 1 is 1.10 bits per heavy atom. The van der Waals surface area contributed by atoms with Crippen molar-refractivity contribution in [2.45, 2.75) is 32.6 Å². The largest absolute Gasteiger partial charge is 0.372 e. The van der Waals surface area contributed by atoms with Gasteiger partial charge in [-0.3, -0.25) is 29.6 Å². The molecule has 2 unspecified atom stereocenters. The molecule has 31 heavy (non-hydrogen) atoms. The molecule has 0 bridgehead atoms. The number of imide groups is 1. The number of carbonyl (C=O) groups excluding carboxylic acids is 2. The first-order chi connectivity index (χ1) is 14.8. The Balaban J connectivity index is 1.76. The summed E-state index contributed by atoms with van der Waals surface area (Å²) in [5.74, 6) is -0.812. The van der Waals surface area contributed by atoms with Crippen molar-refractivity contribution >= 4 is 23.1 Å². The van der Waals surface area contributed by atoms with Gasteiger partial charge in [0, 0.05) is 37.6 Å². The lowest BCUT2D eigenvalue weighted by Gasteiger charge is -2.37. The molecule has 160 valence electrons. The first-order valence-electron chi connectivity index (χ1n) is 9.99. The van der Waals surface area contributed by atoms with Crippen LogP contribution in [0.1, 0.15) is 25.0 Å². The van der Waals surface area contributed by atoms with E-state index in [1.807, 2.05) is 18.7 Å². The Hall–Kier alpha value is -3.59. The topological polar surface area (TPSA) is 106 Å². The highest BCUT2D eigenvalue weighted by molar-refractivity contribution is 6.35. The SMILES string of the molecule is CC1CN(C2=C(c3ccc([N+](=O)[O-])cc3)C(=O)N(Cc3cccnc3)C2=O)CC(C)O1. The summed E-state index contributed by atoms with van der Waals surface area (Å²) in [7, 11) is 0. The molecule has 0 radical (unpaired) electrons. The summed E-state index contributed by atoms with van der Waals surface area (Å²) in [6, 6.07) is 9.25. The zero-order valence-corrected chi connectivity index (χ0v) is 17.2. The van der Waals surface area contributed by atoms with Crippen molar-refractivity contribution in [3.63, 3.8) is 0 Å². The average Bonchev–Trinajstić information content (AvgIpc) is 2.98. The fourth-order valence-electron chi connectivity index (χ4n) is 4.04. The summed E-state index contributed by atoms with van der Waals surface area (Å²) in [4.78, 5) is 44.5. The predicted molar refractivity (Wildman–Crippen MR) is 111 cm³/mol. The third-order valence-electron chi connectivity index (χ3n) is 5.31. The Kier molecular flexibility index (Phi) is 5.51. The summed E-state index contributed by atoms with van der Waals surface area (Å²) < 4.78 is 5.79. The van der Waals surface area contributed by atoms with Gasteiger partial charge in [0.2, 0.25) is 0 Å². The number of nitrogens with zero attached hydrogens (tertiary/aromatic N) is 4. The summed E-state index contributed by atoms with van der Waals surface area (Å²) in [5.41, 5.74) is 1.69. The van der Waals surface area contributed by atoms with E-state index in [0.717, 1.165) is 5.56 Å². The van der Waals surface area contributed by atoms with Crippen molar-refractivity contribution in [1.29, 1.82) is 0 Å². The van der Waals surface area contributed by atoms with E-state index in [0.29, 0.717) is 24.4 Å². The lowest BCUT2D eigenvalue weighted by Crippen LogP contribution is -2.46. The highest BCUT2D eigenvalue weighted by Gasteiger charge is 2.43. The lowest BCUT2D eigenvalue weighted by molar-refractivity contribution is -0.384. The molecule has 2 aliphatic heterocycles. The molecule has 0 N–H and O–H groups in total. The molecule has 3 heterocycles. The standard InChI is InChI=1S/C22H22N4O5/c1-14-11-24(12-15(2)31-14)20-19(17-5-7-18(8-6-17)26(29)30)21(27)25(22(20)28)13-16-4-3-9-23-10-16/h3-10,14-15H,11-13H2,1-2H3. The summed E-state index contributed by atoms with van der Waals surface area (Å²) in [6.45, 7) is 4.87. The van der Waals surface area contributed by atoms with Gasteiger partial charge in [0.25, 0.3) is 17.5 Å². The molecule has 4 rings (SSSR count). The molecular formula is C22H22N4O5. The minimum absolute atomic E-state index is 0.0801. The highest BCUT2D eigenvalue weighted by Crippen LogP contribution is 2.34. The second kappa shape index (κ2) is 8.27. The van der Waals surface area contributed by atoms with Gasteiger partial charge in [0.05, 0.1) is 29.2 Å². The van der Waals surface area contributed by atoms with Gasteiger partial charge in [-0.1, -0.05) is 6.07 Å². The third-order valence-corrected chi connectivity index (χ3v) is 5.31. The molecule has 2 amide bonds. The van der Waals surface area contributed by atoms with E-state index in [4.69, 9.17) is 4.74 Å². The van der Waals surface area contributed by atoms with E-state index < -0.39 is 10.8 Å². The number of rotatable bonds is 5. The lowest BCUT2D eigenvalue weighted by atomic mass is 10.0. The Morgan fingerprint density at radius 3 is 2.35 bits per heavy atom. The number of nitro benzene ring substituents is 1. The second-order valence-corrected chi connectivity index (χ2v) is 7.75. The molecule has 9 nitrogen and oxygen atoms in total. The summed E-state index contributed by atoms with van der Waals surface area (Å²) >= 11 is 0. The van der Waals surface area contributed by atoms with Crippen LogP contribution in [0, 0.1) is 10.1 Å². The van der Waals surface area contributed by atoms with Gasteiger partial charge < -0.3 is 9.64 Å². The average molecular weight is 422 g/mol. The van der Waals surface area contributed by atoms with Crippen LogP contribution in [-0.4, -0.2) is 56.8 Å². The molecule has 9 heteroatoms. The van der Waals surface area contributed by atoms with E-state index in [2.05, 4.69) is 4.98 Å². The highest BCUT2D eigenvalue weighted by atomic mass is 16.6. The number of hydrogen-bond donors (Lipinski definition) is 0. The van der Waals surface area contributed by atoms with Crippen molar-refractivity contribution < 1.29 is 19.2 Å². The van der Waals surface area contributed by atoms with Gasteiger partial charge in [0.1, 0.15) is 5.70 Å². The van der Waals surface area contributed by atoms with Crippen LogP contribution in [0.3, 0.4) is 0 Å². The van der Waals surface area contributed by atoms with Crippen molar-refractivity contribution in [3.8, 4) is 0 Å². The fraction of sp³-hybridized carbons (Fsp3) is 0.318. The minimum atomic E-state index is -0.499. The number of amides is 2.